The van der Waals surface area contributed by atoms with Gasteiger partial charge in [-0.25, -0.2) is 0 Å². The van der Waals surface area contributed by atoms with E-state index in [0.29, 0.717) is 56.3 Å². The maximum atomic E-state index is 13.0. The van der Waals surface area contributed by atoms with Crippen LogP contribution in [0.2, 0.25) is 0 Å². The molecule has 0 bridgehead atoms. The van der Waals surface area contributed by atoms with Gasteiger partial charge in [-0.2, -0.15) is 4.98 Å². The van der Waals surface area contributed by atoms with Crippen molar-refractivity contribution < 1.29 is 32.0 Å². The molecule has 3 aromatic rings. The molecule has 0 spiro atoms. The molecule has 0 saturated heterocycles. The molecule has 224 valence electrons. The number of hydrogen-bond acceptors (Lipinski definition) is 7. The highest BCUT2D eigenvalue weighted by Crippen LogP contribution is 2.47. The highest BCUT2D eigenvalue weighted by molar-refractivity contribution is 5.82. The molecule has 1 aromatic heterocycles. The smallest absolute Gasteiger partial charge is 0.406 e. The summed E-state index contributed by atoms with van der Waals surface area (Å²) in [6.45, 7) is 8.52. The number of aryl methyl sites for hydroxylation is 1. The van der Waals surface area contributed by atoms with E-state index in [1.807, 2.05) is 26.0 Å². The Labute approximate surface area is 242 Å². The number of benzene rings is 2. The van der Waals surface area contributed by atoms with E-state index >= 15 is 0 Å². The summed E-state index contributed by atoms with van der Waals surface area (Å²) in [6.07, 6.45) is -3.55. The van der Waals surface area contributed by atoms with Gasteiger partial charge in [-0.1, -0.05) is 29.4 Å². The Morgan fingerprint density at radius 2 is 1.95 bits per heavy atom. The minimum Gasteiger partial charge on any atom is -0.406 e. The van der Waals surface area contributed by atoms with Crippen molar-refractivity contribution >= 4 is 11.8 Å². The molecule has 1 saturated carbocycles. The van der Waals surface area contributed by atoms with Crippen molar-refractivity contribution in [1.82, 2.24) is 25.3 Å². The first kappa shape index (κ1) is 29.6. The summed E-state index contributed by atoms with van der Waals surface area (Å²) in [5, 5.41) is 6.84. The lowest BCUT2D eigenvalue weighted by molar-refractivity contribution is -0.274. The molecule has 2 amide bonds. The number of carbonyl (C=O) groups excluding carboxylic acids is 2. The van der Waals surface area contributed by atoms with Crippen LogP contribution < -0.4 is 10.1 Å². The van der Waals surface area contributed by atoms with Gasteiger partial charge in [-0.3, -0.25) is 14.5 Å². The third-order valence-electron chi connectivity index (χ3n) is 7.88. The molecule has 1 N–H and O–H groups in total. The van der Waals surface area contributed by atoms with Gasteiger partial charge >= 0.3 is 6.36 Å². The lowest BCUT2D eigenvalue weighted by atomic mass is 9.87. The molecule has 1 aliphatic heterocycles. The summed E-state index contributed by atoms with van der Waals surface area (Å²) < 4.78 is 48.0. The fourth-order valence-electron chi connectivity index (χ4n) is 5.63. The SMILES string of the molecule is CCN(CC)C(=O)CN1CCc2c(-c3cccc(OC(F)(F)F)c3)ccc(CNC(=O)[C@H]3C[C@@H]3c3nc(C)no3)c2C1. The van der Waals surface area contributed by atoms with Gasteiger partial charge in [-0.15, -0.1) is 13.2 Å². The summed E-state index contributed by atoms with van der Waals surface area (Å²) >= 11 is 0. The molecule has 9 nitrogen and oxygen atoms in total. The number of amides is 2. The fraction of sp³-hybridized carbons (Fsp3) is 0.467. The Kier molecular flexibility index (Phi) is 8.53. The van der Waals surface area contributed by atoms with E-state index in [1.165, 1.54) is 18.2 Å². The predicted octanol–water partition coefficient (Wildman–Crippen LogP) is 4.59. The van der Waals surface area contributed by atoms with Crippen molar-refractivity contribution in [2.24, 2.45) is 5.92 Å². The van der Waals surface area contributed by atoms with Gasteiger partial charge in [0.2, 0.25) is 17.7 Å². The monoisotopic (exact) mass is 585 g/mol. The molecule has 2 atom stereocenters. The van der Waals surface area contributed by atoms with Crippen molar-refractivity contribution in [3.63, 3.8) is 0 Å². The van der Waals surface area contributed by atoms with E-state index in [0.717, 1.165) is 22.3 Å². The van der Waals surface area contributed by atoms with E-state index in [2.05, 4.69) is 25.1 Å². The van der Waals surface area contributed by atoms with Gasteiger partial charge in [0.05, 0.1) is 18.4 Å². The van der Waals surface area contributed by atoms with Crippen LogP contribution in [0.5, 0.6) is 5.75 Å². The van der Waals surface area contributed by atoms with Crippen LogP contribution in [-0.4, -0.2) is 64.3 Å². The molecular weight excluding hydrogens is 551 g/mol. The summed E-state index contributed by atoms with van der Waals surface area (Å²) in [4.78, 5) is 33.9. The number of fused-ring (bicyclic) bond motifs is 1. The Bertz CT molecular complexity index is 1450. The van der Waals surface area contributed by atoms with Crippen molar-refractivity contribution in [3.8, 4) is 16.9 Å². The zero-order chi connectivity index (χ0) is 30.0. The van der Waals surface area contributed by atoms with Crippen LogP contribution in [0.1, 0.15) is 54.6 Å². The quantitative estimate of drug-likeness (QED) is 0.372. The average molecular weight is 586 g/mol. The molecule has 2 aliphatic rings. The lowest BCUT2D eigenvalue weighted by Gasteiger charge is -2.33. The largest absolute Gasteiger partial charge is 0.573 e. The third-order valence-corrected chi connectivity index (χ3v) is 7.88. The second kappa shape index (κ2) is 12.1. The molecule has 1 fully saturated rings. The van der Waals surface area contributed by atoms with E-state index in [-0.39, 0.29) is 42.5 Å². The number of hydrogen-bond donors (Lipinski definition) is 1. The molecule has 12 heteroatoms. The van der Waals surface area contributed by atoms with Crippen molar-refractivity contribution in [1.29, 1.82) is 0 Å². The first-order valence-electron chi connectivity index (χ1n) is 14.1. The van der Waals surface area contributed by atoms with Gasteiger partial charge in [-0.05, 0) is 73.6 Å². The predicted molar refractivity (Wildman–Crippen MR) is 147 cm³/mol. The topological polar surface area (TPSA) is 101 Å². The summed E-state index contributed by atoms with van der Waals surface area (Å²) in [5.74, 6) is 0.331. The zero-order valence-electron chi connectivity index (χ0n) is 23.8. The molecule has 0 radical (unpaired) electrons. The summed E-state index contributed by atoms with van der Waals surface area (Å²) in [5.41, 5.74) is 4.26. The minimum absolute atomic E-state index is 0.0440. The number of nitrogens with zero attached hydrogens (tertiary/aromatic N) is 4. The van der Waals surface area contributed by atoms with Crippen LogP contribution in [-0.2, 0) is 29.1 Å². The Balaban J connectivity index is 1.38. The van der Waals surface area contributed by atoms with E-state index in [9.17, 15) is 22.8 Å². The van der Waals surface area contributed by atoms with Crippen LogP contribution in [0.3, 0.4) is 0 Å². The number of aromatic nitrogens is 2. The van der Waals surface area contributed by atoms with Crippen LogP contribution in [0, 0.1) is 12.8 Å². The van der Waals surface area contributed by atoms with Gasteiger partial charge in [0, 0.05) is 32.7 Å². The highest BCUT2D eigenvalue weighted by Gasteiger charge is 2.47. The molecule has 5 rings (SSSR count). The standard InChI is InChI=1S/C30H34F3N5O4/c1-4-38(5-2)27(39)17-37-12-11-23-22(19-7-6-8-21(13-19)41-30(31,32)33)10-9-20(26(23)16-37)15-34-28(40)24-14-25(24)29-35-18(3)36-42-29/h6-10,13,24-25H,4-5,11-12,14-17H2,1-3H3,(H,34,40)/t24-,25-/m0/s1. The summed E-state index contributed by atoms with van der Waals surface area (Å²) in [6, 6.07) is 9.72. The molecule has 2 aromatic carbocycles. The third kappa shape index (κ3) is 6.75. The lowest BCUT2D eigenvalue weighted by Crippen LogP contribution is -2.42. The number of halogens is 3. The summed E-state index contributed by atoms with van der Waals surface area (Å²) in [7, 11) is 0. The minimum atomic E-state index is -4.79. The van der Waals surface area contributed by atoms with Crippen LogP contribution in [0.4, 0.5) is 13.2 Å². The Morgan fingerprint density at radius 1 is 1.17 bits per heavy atom. The van der Waals surface area contributed by atoms with Gasteiger partial charge in [0.15, 0.2) is 5.82 Å². The zero-order valence-corrected chi connectivity index (χ0v) is 23.8. The maximum Gasteiger partial charge on any atom is 0.573 e. The maximum absolute atomic E-state index is 13.0. The number of rotatable bonds is 10. The number of ether oxygens (including phenoxy) is 1. The van der Waals surface area contributed by atoms with Gasteiger partial charge in [0.25, 0.3) is 0 Å². The first-order chi connectivity index (χ1) is 20.1. The van der Waals surface area contributed by atoms with Crippen molar-refractivity contribution in [2.75, 3.05) is 26.2 Å². The van der Waals surface area contributed by atoms with Crippen LogP contribution in [0.25, 0.3) is 11.1 Å². The molecule has 1 aliphatic carbocycles. The number of carbonyl (C=O) groups is 2. The second-order valence-electron chi connectivity index (χ2n) is 10.7. The fourth-order valence-corrected chi connectivity index (χ4v) is 5.63. The van der Waals surface area contributed by atoms with E-state index < -0.39 is 6.36 Å². The second-order valence-corrected chi connectivity index (χ2v) is 10.7. The Hall–Kier alpha value is -3.93. The van der Waals surface area contributed by atoms with Crippen LogP contribution in [0.15, 0.2) is 40.9 Å². The number of likely N-dealkylation sites (N-methyl/N-ethyl adjacent to an activating group) is 1. The normalized spacial score (nSPS) is 18.3. The molecule has 2 heterocycles. The number of alkyl halides is 3. The average Bonchev–Trinajstić information content (AvgIpc) is 3.64. The molecule has 0 unspecified atom stereocenters. The van der Waals surface area contributed by atoms with Gasteiger partial charge in [0.1, 0.15) is 5.75 Å². The Morgan fingerprint density at radius 3 is 2.64 bits per heavy atom. The van der Waals surface area contributed by atoms with Crippen molar-refractivity contribution in [2.45, 2.75) is 59.0 Å². The van der Waals surface area contributed by atoms with Crippen molar-refractivity contribution in [3.05, 3.63) is 64.8 Å². The molecule has 42 heavy (non-hydrogen) atoms. The first-order valence-corrected chi connectivity index (χ1v) is 14.1. The van der Waals surface area contributed by atoms with E-state index in [4.69, 9.17) is 4.52 Å². The highest BCUT2D eigenvalue weighted by atomic mass is 19.4. The van der Waals surface area contributed by atoms with Crippen LogP contribution >= 0.6 is 0 Å². The number of nitrogens with one attached hydrogen (secondary N) is 1. The van der Waals surface area contributed by atoms with Gasteiger partial charge < -0.3 is 19.5 Å². The molecular formula is C30H34F3N5O4. The van der Waals surface area contributed by atoms with E-state index in [1.54, 1.807) is 17.9 Å².